The van der Waals surface area contributed by atoms with Crippen LogP contribution in [0.2, 0.25) is 0 Å². The van der Waals surface area contributed by atoms with Crippen LogP contribution in [-0.2, 0) is 11.3 Å². The maximum atomic E-state index is 13.2. The van der Waals surface area contributed by atoms with Gasteiger partial charge in [-0.05, 0) is 36.6 Å². The van der Waals surface area contributed by atoms with Crippen LogP contribution < -0.4 is 9.47 Å². The first-order valence-electron chi connectivity index (χ1n) is 11.2. The van der Waals surface area contributed by atoms with Gasteiger partial charge in [-0.1, -0.05) is 75.4 Å². The van der Waals surface area contributed by atoms with E-state index in [0.717, 1.165) is 24.0 Å². The van der Waals surface area contributed by atoms with Gasteiger partial charge in [0.2, 0.25) is 5.91 Å². The van der Waals surface area contributed by atoms with Crippen LogP contribution in [0.4, 0.5) is 0 Å². The molecule has 4 heteroatoms. The summed E-state index contributed by atoms with van der Waals surface area (Å²) in [6.45, 7) is 4.88. The molecule has 1 atom stereocenters. The van der Waals surface area contributed by atoms with E-state index in [0.29, 0.717) is 24.5 Å². The van der Waals surface area contributed by atoms with Crippen molar-refractivity contribution in [3.05, 3.63) is 59.7 Å². The maximum absolute atomic E-state index is 13.2. The molecule has 0 N–H and O–H groups in total. The Hall–Kier alpha value is -2.49. The van der Waals surface area contributed by atoms with Crippen molar-refractivity contribution >= 4 is 5.91 Å². The highest BCUT2D eigenvalue weighted by molar-refractivity contribution is 5.76. The molecule has 164 valence electrons. The zero-order valence-corrected chi connectivity index (χ0v) is 19.0. The summed E-state index contributed by atoms with van der Waals surface area (Å²) in [5, 5.41) is 0. The first kappa shape index (κ1) is 23.8. The van der Waals surface area contributed by atoms with Crippen LogP contribution in [0, 0.1) is 0 Å². The predicted octanol–water partition coefficient (Wildman–Crippen LogP) is 6.54. The molecule has 0 spiro atoms. The molecule has 2 aromatic carbocycles. The van der Waals surface area contributed by atoms with Gasteiger partial charge in [0.15, 0.2) is 11.5 Å². The molecular weight excluding hydrogens is 374 g/mol. The van der Waals surface area contributed by atoms with Crippen LogP contribution in [0.1, 0.15) is 76.0 Å². The number of hydrogen-bond acceptors (Lipinski definition) is 3. The number of hydrogen-bond donors (Lipinski definition) is 0. The van der Waals surface area contributed by atoms with Gasteiger partial charge >= 0.3 is 0 Å². The Bertz CT molecular complexity index is 760. The molecule has 2 rings (SSSR count). The molecule has 0 saturated heterocycles. The molecule has 0 radical (unpaired) electrons. The molecule has 0 fully saturated rings. The molecule has 0 aliphatic heterocycles. The largest absolute Gasteiger partial charge is 0.493 e. The average Bonchev–Trinajstić information content (AvgIpc) is 2.79. The molecule has 0 aromatic heterocycles. The maximum Gasteiger partial charge on any atom is 0.223 e. The van der Waals surface area contributed by atoms with E-state index in [1.165, 1.54) is 25.7 Å². The van der Waals surface area contributed by atoms with Gasteiger partial charge in [-0.25, -0.2) is 0 Å². The fourth-order valence-corrected chi connectivity index (χ4v) is 3.73. The number of amides is 1. The molecule has 1 amide bonds. The van der Waals surface area contributed by atoms with Crippen molar-refractivity contribution in [2.45, 2.75) is 71.4 Å². The molecule has 0 heterocycles. The number of nitrogens with zero attached hydrogens (tertiary/aromatic N) is 1. The van der Waals surface area contributed by atoms with Gasteiger partial charge in [-0.3, -0.25) is 4.79 Å². The third kappa shape index (κ3) is 7.08. The Morgan fingerprint density at radius 3 is 2.23 bits per heavy atom. The standard InChI is InChI=1S/C26H37NO3/c1-5-6-7-8-9-13-16-26(28)27(21(2)23-14-11-10-12-15-23)20-22-17-18-24(29-3)25(19-22)30-4/h10-12,14-15,17-19,21H,5-9,13,16,20H2,1-4H3. The number of rotatable bonds is 13. The van der Waals surface area contributed by atoms with Crippen molar-refractivity contribution in [1.82, 2.24) is 4.90 Å². The summed E-state index contributed by atoms with van der Waals surface area (Å²) < 4.78 is 10.8. The molecule has 0 saturated carbocycles. The minimum Gasteiger partial charge on any atom is -0.493 e. The topological polar surface area (TPSA) is 38.8 Å². The third-order valence-electron chi connectivity index (χ3n) is 5.61. The minimum atomic E-state index is 0.00638. The van der Waals surface area contributed by atoms with E-state index in [1.807, 2.05) is 41.3 Å². The number of methoxy groups -OCH3 is 2. The van der Waals surface area contributed by atoms with E-state index >= 15 is 0 Å². The lowest BCUT2D eigenvalue weighted by Gasteiger charge is -2.30. The number of benzene rings is 2. The smallest absolute Gasteiger partial charge is 0.223 e. The van der Waals surface area contributed by atoms with Gasteiger partial charge in [-0.2, -0.15) is 0 Å². The van der Waals surface area contributed by atoms with E-state index in [9.17, 15) is 4.79 Å². The highest BCUT2D eigenvalue weighted by Gasteiger charge is 2.22. The molecule has 0 aliphatic carbocycles. The number of ether oxygens (including phenoxy) is 2. The van der Waals surface area contributed by atoms with Crippen molar-refractivity contribution in [1.29, 1.82) is 0 Å². The van der Waals surface area contributed by atoms with Gasteiger partial charge in [-0.15, -0.1) is 0 Å². The predicted molar refractivity (Wildman–Crippen MR) is 123 cm³/mol. The summed E-state index contributed by atoms with van der Waals surface area (Å²) >= 11 is 0. The first-order valence-corrected chi connectivity index (χ1v) is 11.2. The molecule has 2 aromatic rings. The summed E-state index contributed by atoms with van der Waals surface area (Å²) in [5.41, 5.74) is 2.18. The monoisotopic (exact) mass is 411 g/mol. The highest BCUT2D eigenvalue weighted by Crippen LogP contribution is 2.30. The Balaban J connectivity index is 2.12. The quantitative estimate of drug-likeness (QED) is 0.351. The van der Waals surface area contributed by atoms with Crippen LogP contribution in [0.25, 0.3) is 0 Å². The van der Waals surface area contributed by atoms with Crippen LogP contribution in [0.15, 0.2) is 48.5 Å². The zero-order chi connectivity index (χ0) is 21.8. The van der Waals surface area contributed by atoms with E-state index in [4.69, 9.17) is 9.47 Å². The normalized spacial score (nSPS) is 11.7. The van der Waals surface area contributed by atoms with E-state index in [2.05, 4.69) is 26.0 Å². The summed E-state index contributed by atoms with van der Waals surface area (Å²) in [6.07, 6.45) is 7.67. The van der Waals surface area contributed by atoms with Crippen molar-refractivity contribution < 1.29 is 14.3 Å². The van der Waals surface area contributed by atoms with Gasteiger partial charge in [0.05, 0.1) is 20.3 Å². The zero-order valence-electron chi connectivity index (χ0n) is 19.0. The van der Waals surface area contributed by atoms with E-state index in [-0.39, 0.29) is 11.9 Å². The second kappa shape index (κ2) is 12.9. The molecule has 1 unspecified atom stereocenters. The number of carbonyl (C=O) groups is 1. The second-order valence-electron chi connectivity index (χ2n) is 7.82. The summed E-state index contributed by atoms with van der Waals surface area (Å²) in [6, 6.07) is 16.1. The van der Waals surface area contributed by atoms with Crippen molar-refractivity contribution in [3.63, 3.8) is 0 Å². The lowest BCUT2D eigenvalue weighted by molar-refractivity contribution is -0.134. The average molecular weight is 412 g/mol. The lowest BCUT2D eigenvalue weighted by atomic mass is 10.0. The second-order valence-corrected chi connectivity index (χ2v) is 7.82. The summed E-state index contributed by atoms with van der Waals surface area (Å²) in [7, 11) is 3.26. The first-order chi connectivity index (χ1) is 14.6. The summed E-state index contributed by atoms with van der Waals surface area (Å²) in [4.78, 5) is 15.2. The van der Waals surface area contributed by atoms with E-state index in [1.54, 1.807) is 14.2 Å². The molecule has 0 bridgehead atoms. The minimum absolute atomic E-state index is 0.00638. The number of unbranched alkanes of at least 4 members (excludes halogenated alkanes) is 5. The van der Waals surface area contributed by atoms with Gasteiger partial charge in [0.1, 0.15) is 0 Å². The Kier molecular flexibility index (Phi) is 10.3. The Labute approximate surface area is 182 Å². The van der Waals surface area contributed by atoms with Crippen LogP contribution in [-0.4, -0.2) is 25.0 Å². The van der Waals surface area contributed by atoms with Crippen molar-refractivity contribution in [2.24, 2.45) is 0 Å². The molecule has 0 aliphatic rings. The van der Waals surface area contributed by atoms with Gasteiger partial charge in [0, 0.05) is 13.0 Å². The van der Waals surface area contributed by atoms with Crippen LogP contribution in [0.3, 0.4) is 0 Å². The summed E-state index contributed by atoms with van der Waals surface area (Å²) in [5.74, 6) is 1.59. The molecule has 30 heavy (non-hydrogen) atoms. The third-order valence-corrected chi connectivity index (χ3v) is 5.61. The SMILES string of the molecule is CCCCCCCCC(=O)N(Cc1ccc(OC)c(OC)c1)C(C)c1ccccc1. The fourth-order valence-electron chi connectivity index (χ4n) is 3.73. The Morgan fingerprint density at radius 1 is 0.900 bits per heavy atom. The van der Waals surface area contributed by atoms with Gasteiger partial charge in [0.25, 0.3) is 0 Å². The Morgan fingerprint density at radius 2 is 1.57 bits per heavy atom. The molecular formula is C26H37NO3. The van der Waals surface area contributed by atoms with Crippen molar-refractivity contribution in [3.8, 4) is 11.5 Å². The van der Waals surface area contributed by atoms with E-state index < -0.39 is 0 Å². The van der Waals surface area contributed by atoms with Crippen LogP contribution >= 0.6 is 0 Å². The molecule has 4 nitrogen and oxygen atoms in total. The van der Waals surface area contributed by atoms with Gasteiger partial charge < -0.3 is 14.4 Å². The number of carbonyl (C=O) groups excluding carboxylic acids is 1. The highest BCUT2D eigenvalue weighted by atomic mass is 16.5. The van der Waals surface area contributed by atoms with Crippen LogP contribution in [0.5, 0.6) is 11.5 Å². The lowest BCUT2D eigenvalue weighted by Crippen LogP contribution is -2.33. The van der Waals surface area contributed by atoms with Crippen molar-refractivity contribution in [2.75, 3.05) is 14.2 Å². The fraction of sp³-hybridized carbons (Fsp3) is 0.500.